The van der Waals surface area contributed by atoms with Gasteiger partial charge in [0.1, 0.15) is 5.75 Å². The van der Waals surface area contributed by atoms with E-state index in [4.69, 9.17) is 10.5 Å². The molecule has 1 amide bonds. The molecule has 7 heteroatoms. The summed E-state index contributed by atoms with van der Waals surface area (Å²) in [4.78, 5) is 28.8. The summed E-state index contributed by atoms with van der Waals surface area (Å²) in [7, 11) is 0. The van der Waals surface area contributed by atoms with Gasteiger partial charge in [0.15, 0.2) is 0 Å². The second kappa shape index (κ2) is 6.08. The van der Waals surface area contributed by atoms with Crippen LogP contribution in [0.2, 0.25) is 0 Å². The first-order chi connectivity index (χ1) is 14.8. The van der Waals surface area contributed by atoms with Gasteiger partial charge in [-0.15, -0.1) is 0 Å². The fraction of sp³-hybridized carbons (Fsp3) is 0.417. The third-order valence-corrected chi connectivity index (χ3v) is 7.39. The highest BCUT2D eigenvalue weighted by Gasteiger charge is 2.72. The van der Waals surface area contributed by atoms with Gasteiger partial charge in [0.05, 0.1) is 12.1 Å². The summed E-state index contributed by atoms with van der Waals surface area (Å²) in [6, 6.07) is 10.6. The molecule has 4 atom stereocenters. The molecular weight excluding hydrogens is 394 g/mol. The molecule has 7 nitrogen and oxygen atoms in total. The van der Waals surface area contributed by atoms with Crippen molar-refractivity contribution in [2.24, 2.45) is 5.92 Å². The summed E-state index contributed by atoms with van der Waals surface area (Å²) in [5.74, 6) is -1.31. The van der Waals surface area contributed by atoms with E-state index in [0.29, 0.717) is 28.7 Å². The minimum Gasteiger partial charge on any atom is -0.454 e. The molecule has 2 fully saturated rings. The van der Waals surface area contributed by atoms with E-state index in [1.165, 1.54) is 0 Å². The Bertz CT molecular complexity index is 1140. The van der Waals surface area contributed by atoms with Gasteiger partial charge in [-0.2, -0.15) is 0 Å². The van der Waals surface area contributed by atoms with Gasteiger partial charge >= 0.3 is 0 Å². The standard InChI is InChI=1S/C24H25N3O4/c1-13-10-15(13)14-6-7-16-19(11-14)31-24(30)17-4-2-5-18(25)21(17)22(29)23(16,24)26-20(28)12-27-8-3-9-27/h2,4-7,11,13,15,30H,3,8-10,12,25H2,1H3,(H,26,28)/t13?,15?,23-,24-/m1/s1. The van der Waals surface area contributed by atoms with Crippen LogP contribution in [0.3, 0.4) is 0 Å². The van der Waals surface area contributed by atoms with E-state index >= 15 is 0 Å². The fourth-order valence-corrected chi connectivity index (χ4v) is 5.40. The summed E-state index contributed by atoms with van der Waals surface area (Å²) < 4.78 is 6.12. The van der Waals surface area contributed by atoms with Gasteiger partial charge in [-0.25, -0.2) is 0 Å². The first-order valence-corrected chi connectivity index (χ1v) is 10.9. The zero-order valence-corrected chi connectivity index (χ0v) is 17.4. The first kappa shape index (κ1) is 18.8. The molecule has 1 saturated heterocycles. The van der Waals surface area contributed by atoms with Crippen molar-refractivity contribution >= 4 is 17.4 Å². The number of likely N-dealkylation sites (tertiary alicyclic amines) is 1. The normalized spacial score (nSPS) is 32.5. The SMILES string of the molecule is CC1CC1c1ccc2c(c1)O[C@]1(O)c3cccc(N)c3C(=O)[C@]21NC(=O)CN1CCC1. The number of hydrogen-bond donors (Lipinski definition) is 3. The minimum atomic E-state index is -2.05. The van der Waals surface area contributed by atoms with E-state index in [-0.39, 0.29) is 23.7 Å². The number of carbonyl (C=O) groups excluding carboxylic acids is 2. The Labute approximate surface area is 180 Å². The molecular formula is C24H25N3O4. The van der Waals surface area contributed by atoms with Crippen LogP contribution in [0.4, 0.5) is 5.69 Å². The second-order valence-corrected chi connectivity index (χ2v) is 9.35. The lowest BCUT2D eigenvalue weighted by Gasteiger charge is -2.36. The average Bonchev–Trinajstić information content (AvgIpc) is 3.34. The number of nitrogens with zero attached hydrogens (tertiary/aromatic N) is 1. The molecule has 0 aromatic heterocycles. The van der Waals surface area contributed by atoms with Crippen molar-refractivity contribution in [2.45, 2.75) is 37.0 Å². The molecule has 2 aliphatic carbocycles. The average molecular weight is 419 g/mol. The smallest absolute Gasteiger partial charge is 0.271 e. The molecule has 4 aliphatic rings. The number of ether oxygens (including phenoxy) is 1. The second-order valence-electron chi connectivity index (χ2n) is 9.35. The number of aliphatic hydroxyl groups is 1. The van der Waals surface area contributed by atoms with E-state index in [2.05, 4.69) is 12.2 Å². The number of nitrogens with one attached hydrogen (secondary N) is 1. The molecule has 0 radical (unpaired) electrons. The molecule has 2 aromatic rings. The van der Waals surface area contributed by atoms with E-state index in [0.717, 1.165) is 31.5 Å². The van der Waals surface area contributed by atoms with Gasteiger partial charge in [0.2, 0.25) is 17.2 Å². The van der Waals surface area contributed by atoms with Gasteiger partial charge in [-0.3, -0.25) is 14.5 Å². The van der Waals surface area contributed by atoms with Gasteiger partial charge in [0, 0.05) is 16.8 Å². The summed E-state index contributed by atoms with van der Waals surface area (Å²) >= 11 is 0. The maximum Gasteiger partial charge on any atom is 0.271 e. The number of hydrogen-bond acceptors (Lipinski definition) is 6. The van der Waals surface area contributed by atoms with Crippen molar-refractivity contribution in [3.8, 4) is 5.75 Å². The Morgan fingerprint density at radius 2 is 2.06 bits per heavy atom. The van der Waals surface area contributed by atoms with Crippen LogP contribution in [0.5, 0.6) is 5.75 Å². The van der Waals surface area contributed by atoms with Crippen molar-refractivity contribution in [3.63, 3.8) is 0 Å². The molecule has 31 heavy (non-hydrogen) atoms. The summed E-state index contributed by atoms with van der Waals surface area (Å²) in [5, 5.41) is 14.8. The largest absolute Gasteiger partial charge is 0.454 e. The summed E-state index contributed by atoms with van der Waals surface area (Å²) in [6.45, 7) is 4.06. The number of Topliss-reactive ketones (excluding diaryl/α,β-unsaturated/α-hetero) is 1. The van der Waals surface area contributed by atoms with Crippen molar-refractivity contribution in [1.29, 1.82) is 0 Å². The minimum absolute atomic E-state index is 0.171. The molecule has 160 valence electrons. The highest BCUT2D eigenvalue weighted by molar-refractivity contribution is 6.15. The lowest BCUT2D eigenvalue weighted by molar-refractivity contribution is -0.175. The molecule has 0 bridgehead atoms. The predicted octanol–water partition coefficient (Wildman–Crippen LogP) is 1.84. The Morgan fingerprint density at radius 1 is 1.29 bits per heavy atom. The van der Waals surface area contributed by atoms with Crippen molar-refractivity contribution in [1.82, 2.24) is 10.2 Å². The van der Waals surface area contributed by atoms with E-state index < -0.39 is 17.1 Å². The number of nitrogen functional groups attached to an aromatic ring is 1. The number of fused-ring (bicyclic) bond motifs is 5. The topological polar surface area (TPSA) is 105 Å². The Hall–Kier alpha value is -2.90. The van der Waals surface area contributed by atoms with E-state index in [1.54, 1.807) is 18.2 Å². The third kappa shape index (κ3) is 2.36. The number of amides is 1. The zero-order valence-electron chi connectivity index (χ0n) is 17.4. The summed E-state index contributed by atoms with van der Waals surface area (Å²) in [5.41, 5.74) is 6.73. The van der Waals surface area contributed by atoms with Gasteiger partial charge in [0.25, 0.3) is 5.79 Å². The van der Waals surface area contributed by atoms with Crippen LogP contribution in [-0.4, -0.2) is 41.3 Å². The van der Waals surface area contributed by atoms with Crippen LogP contribution in [0.25, 0.3) is 0 Å². The Morgan fingerprint density at radius 3 is 2.74 bits per heavy atom. The number of rotatable bonds is 4. The number of benzene rings is 2. The Balaban J connectivity index is 1.49. The van der Waals surface area contributed by atoms with Gasteiger partial charge in [-0.1, -0.05) is 31.2 Å². The van der Waals surface area contributed by atoms with Crippen molar-refractivity contribution in [3.05, 3.63) is 58.7 Å². The molecule has 2 aliphatic heterocycles. The Kier molecular flexibility index (Phi) is 3.69. The lowest BCUT2D eigenvalue weighted by Crippen LogP contribution is -2.61. The van der Waals surface area contributed by atoms with E-state index in [9.17, 15) is 14.7 Å². The highest BCUT2D eigenvalue weighted by Crippen LogP contribution is 2.60. The molecule has 0 spiro atoms. The number of ketones is 1. The molecule has 1 saturated carbocycles. The highest BCUT2D eigenvalue weighted by atomic mass is 16.6. The zero-order chi connectivity index (χ0) is 21.5. The van der Waals surface area contributed by atoms with Crippen molar-refractivity contribution < 1.29 is 19.4 Å². The molecule has 4 N–H and O–H groups in total. The monoisotopic (exact) mass is 419 g/mol. The number of nitrogens with two attached hydrogens (primary N) is 1. The fourth-order valence-electron chi connectivity index (χ4n) is 5.40. The maximum absolute atomic E-state index is 13.8. The van der Waals surface area contributed by atoms with Crippen LogP contribution in [0, 0.1) is 5.92 Å². The van der Waals surface area contributed by atoms with Crippen LogP contribution in [0.1, 0.15) is 52.7 Å². The van der Waals surface area contributed by atoms with Gasteiger partial charge in [-0.05, 0) is 55.5 Å². The third-order valence-electron chi connectivity index (χ3n) is 7.39. The van der Waals surface area contributed by atoms with Crippen LogP contribution in [0.15, 0.2) is 36.4 Å². The molecule has 2 aromatic carbocycles. The quantitative estimate of drug-likeness (QED) is 0.654. The molecule has 2 heterocycles. The van der Waals surface area contributed by atoms with Gasteiger partial charge < -0.3 is 20.9 Å². The lowest BCUT2D eigenvalue weighted by atomic mass is 9.82. The molecule has 6 rings (SSSR count). The molecule has 2 unspecified atom stereocenters. The number of carbonyl (C=O) groups is 2. The summed E-state index contributed by atoms with van der Waals surface area (Å²) in [6.07, 6.45) is 2.16. The first-order valence-electron chi connectivity index (χ1n) is 10.9. The van der Waals surface area contributed by atoms with Crippen LogP contribution in [-0.2, 0) is 16.1 Å². The van der Waals surface area contributed by atoms with Crippen LogP contribution >= 0.6 is 0 Å². The maximum atomic E-state index is 13.8. The van der Waals surface area contributed by atoms with Crippen molar-refractivity contribution in [2.75, 3.05) is 25.4 Å². The van der Waals surface area contributed by atoms with Crippen LogP contribution < -0.4 is 15.8 Å². The number of anilines is 1. The predicted molar refractivity (Wildman–Crippen MR) is 114 cm³/mol. The van der Waals surface area contributed by atoms with E-state index in [1.807, 2.05) is 23.1 Å².